The molecule has 1 unspecified atom stereocenters. The Morgan fingerprint density at radius 2 is 1.83 bits per heavy atom. The van der Waals surface area contributed by atoms with E-state index in [-0.39, 0.29) is 0 Å². The third kappa shape index (κ3) is 2.64. The Kier molecular flexibility index (Phi) is 3.25. The average Bonchev–Trinajstić information content (AvgIpc) is 2.09. The normalized spacial score (nSPS) is 12.5. The largest absolute Gasteiger partial charge is 0.380 e. The predicted molar refractivity (Wildman–Crippen MR) is 47.0 cm³/mol. The van der Waals surface area contributed by atoms with Crippen molar-refractivity contribution in [3.05, 3.63) is 29.8 Å². The van der Waals surface area contributed by atoms with Crippen molar-refractivity contribution in [1.82, 2.24) is 0 Å². The first-order chi connectivity index (χ1) is 5.72. The van der Waals surface area contributed by atoms with Gasteiger partial charge < -0.3 is 4.18 Å². The van der Waals surface area contributed by atoms with Gasteiger partial charge in [0, 0.05) is 0 Å². The molecule has 4 heteroatoms. The number of hydrogen-bond donors (Lipinski definition) is 0. The fourth-order valence-electron chi connectivity index (χ4n) is 0.706. The second kappa shape index (κ2) is 4.23. The Hall–Kier alpha value is -0.870. The monoisotopic (exact) mass is 186 g/mol. The summed E-state index contributed by atoms with van der Waals surface area (Å²) in [6.45, 7) is 1.97. The van der Waals surface area contributed by atoms with Crippen molar-refractivity contribution in [2.75, 3.05) is 7.11 Å². The fourth-order valence-corrected chi connectivity index (χ4v) is 1.04. The third-order valence-electron chi connectivity index (χ3n) is 1.32. The van der Waals surface area contributed by atoms with Gasteiger partial charge in [0.2, 0.25) is 0 Å². The first kappa shape index (κ1) is 9.22. The lowest BCUT2D eigenvalue weighted by atomic mass is 10.2. The van der Waals surface area contributed by atoms with Gasteiger partial charge in [0.05, 0.1) is 7.11 Å². The molecular formula is C8H10O3S. The lowest BCUT2D eigenvalue weighted by Crippen LogP contribution is -2.01. The van der Waals surface area contributed by atoms with Crippen LogP contribution in [0.1, 0.15) is 5.56 Å². The highest BCUT2D eigenvalue weighted by Crippen LogP contribution is 2.12. The van der Waals surface area contributed by atoms with Crippen molar-refractivity contribution >= 4 is 11.4 Å². The van der Waals surface area contributed by atoms with Crippen molar-refractivity contribution < 1.29 is 12.6 Å². The second-order valence-corrected chi connectivity index (χ2v) is 3.18. The zero-order chi connectivity index (χ0) is 8.97. The SMILES string of the molecule is COS(=O)Oc1ccc(C)cc1. The Balaban J connectivity index is 2.64. The van der Waals surface area contributed by atoms with Crippen LogP contribution in [0.3, 0.4) is 0 Å². The number of rotatable bonds is 3. The van der Waals surface area contributed by atoms with Crippen LogP contribution >= 0.6 is 0 Å². The maximum absolute atomic E-state index is 10.7. The van der Waals surface area contributed by atoms with Gasteiger partial charge in [0.15, 0.2) is 0 Å². The van der Waals surface area contributed by atoms with Crippen molar-refractivity contribution in [3.8, 4) is 5.75 Å². The molecule has 0 bridgehead atoms. The summed E-state index contributed by atoms with van der Waals surface area (Å²) in [6, 6.07) is 7.24. The molecule has 0 aromatic heterocycles. The van der Waals surface area contributed by atoms with Crippen molar-refractivity contribution in [2.24, 2.45) is 0 Å². The second-order valence-electron chi connectivity index (χ2n) is 2.27. The van der Waals surface area contributed by atoms with Gasteiger partial charge in [0.1, 0.15) is 5.75 Å². The van der Waals surface area contributed by atoms with E-state index in [0.717, 1.165) is 5.56 Å². The van der Waals surface area contributed by atoms with Gasteiger partial charge in [-0.05, 0) is 19.1 Å². The van der Waals surface area contributed by atoms with Crippen molar-refractivity contribution in [1.29, 1.82) is 0 Å². The average molecular weight is 186 g/mol. The number of hydrogen-bond acceptors (Lipinski definition) is 3. The molecule has 12 heavy (non-hydrogen) atoms. The zero-order valence-corrected chi connectivity index (χ0v) is 7.76. The van der Waals surface area contributed by atoms with E-state index >= 15 is 0 Å². The van der Waals surface area contributed by atoms with Gasteiger partial charge in [-0.15, -0.1) is 0 Å². The van der Waals surface area contributed by atoms with Crippen LogP contribution in [0.5, 0.6) is 5.75 Å². The molecule has 1 aromatic carbocycles. The van der Waals surface area contributed by atoms with E-state index in [1.165, 1.54) is 7.11 Å². The molecule has 0 aliphatic carbocycles. The van der Waals surface area contributed by atoms with Crippen LogP contribution in [0.2, 0.25) is 0 Å². The standard InChI is InChI=1S/C8H10O3S/c1-7-3-5-8(6-4-7)11-12(9)10-2/h3-6H,1-2H3. The molecule has 0 saturated heterocycles. The van der Waals surface area contributed by atoms with Crippen LogP contribution in [-0.4, -0.2) is 11.3 Å². The molecule has 1 aromatic rings. The third-order valence-corrected chi connectivity index (χ3v) is 1.92. The maximum atomic E-state index is 10.7. The molecule has 0 radical (unpaired) electrons. The summed E-state index contributed by atoms with van der Waals surface area (Å²) in [5.41, 5.74) is 1.13. The molecule has 1 atom stereocenters. The summed E-state index contributed by atoms with van der Waals surface area (Å²) in [7, 11) is 1.32. The Labute approximate surface area is 74.2 Å². The highest BCUT2D eigenvalue weighted by atomic mass is 32.2. The molecule has 0 aliphatic heterocycles. The topological polar surface area (TPSA) is 35.5 Å². The Bertz CT molecular complexity index is 268. The first-order valence-corrected chi connectivity index (χ1v) is 4.43. The van der Waals surface area contributed by atoms with E-state index in [1.54, 1.807) is 12.1 Å². The van der Waals surface area contributed by atoms with E-state index < -0.39 is 11.4 Å². The summed E-state index contributed by atoms with van der Waals surface area (Å²) in [5.74, 6) is 0.542. The first-order valence-electron chi connectivity index (χ1n) is 3.43. The number of aryl methyl sites for hydroxylation is 1. The molecule has 0 saturated carbocycles. The molecule has 66 valence electrons. The van der Waals surface area contributed by atoms with Crippen molar-refractivity contribution in [3.63, 3.8) is 0 Å². The van der Waals surface area contributed by atoms with E-state index in [4.69, 9.17) is 4.18 Å². The molecule has 0 aliphatic rings. The minimum Gasteiger partial charge on any atom is -0.380 e. The highest BCUT2D eigenvalue weighted by Gasteiger charge is 1.98. The highest BCUT2D eigenvalue weighted by molar-refractivity contribution is 7.75. The van der Waals surface area contributed by atoms with Crippen LogP contribution in [-0.2, 0) is 15.5 Å². The van der Waals surface area contributed by atoms with E-state index in [1.807, 2.05) is 19.1 Å². The minimum absolute atomic E-state index is 0.542. The fraction of sp³-hybridized carbons (Fsp3) is 0.250. The van der Waals surface area contributed by atoms with Gasteiger partial charge in [-0.25, -0.2) is 0 Å². The van der Waals surface area contributed by atoms with Crippen LogP contribution in [0.15, 0.2) is 24.3 Å². The molecule has 0 spiro atoms. The molecule has 0 fully saturated rings. The van der Waals surface area contributed by atoms with Gasteiger partial charge in [0.25, 0.3) is 0 Å². The molecule has 0 amide bonds. The summed E-state index contributed by atoms with van der Waals surface area (Å²) in [5, 5.41) is 0. The molecular weight excluding hydrogens is 176 g/mol. The number of benzene rings is 1. The minimum atomic E-state index is -1.68. The molecule has 1 rings (SSSR count). The molecule has 0 N–H and O–H groups in total. The Morgan fingerprint density at radius 1 is 1.25 bits per heavy atom. The lowest BCUT2D eigenvalue weighted by molar-refractivity contribution is 0.383. The van der Waals surface area contributed by atoms with Crippen LogP contribution in [0.4, 0.5) is 0 Å². The quantitative estimate of drug-likeness (QED) is 0.719. The van der Waals surface area contributed by atoms with E-state index in [2.05, 4.69) is 4.18 Å². The van der Waals surface area contributed by atoms with Gasteiger partial charge >= 0.3 is 11.4 Å². The van der Waals surface area contributed by atoms with Crippen LogP contribution in [0.25, 0.3) is 0 Å². The summed E-state index contributed by atoms with van der Waals surface area (Å²) in [6.07, 6.45) is 0. The Morgan fingerprint density at radius 3 is 2.33 bits per heavy atom. The van der Waals surface area contributed by atoms with Crippen LogP contribution in [0, 0.1) is 6.92 Å². The summed E-state index contributed by atoms with van der Waals surface area (Å²) < 4.78 is 20.0. The zero-order valence-electron chi connectivity index (χ0n) is 6.94. The van der Waals surface area contributed by atoms with Gasteiger partial charge in [-0.3, -0.25) is 4.18 Å². The van der Waals surface area contributed by atoms with Gasteiger partial charge in [-0.2, -0.15) is 4.21 Å². The van der Waals surface area contributed by atoms with Crippen molar-refractivity contribution in [2.45, 2.75) is 6.92 Å². The lowest BCUT2D eigenvalue weighted by Gasteiger charge is -2.01. The van der Waals surface area contributed by atoms with Gasteiger partial charge in [-0.1, -0.05) is 17.7 Å². The van der Waals surface area contributed by atoms with Crippen LogP contribution < -0.4 is 4.18 Å². The van der Waals surface area contributed by atoms with E-state index in [9.17, 15) is 4.21 Å². The smallest absolute Gasteiger partial charge is 0.359 e. The summed E-state index contributed by atoms with van der Waals surface area (Å²) >= 11 is -1.68. The molecule has 3 nitrogen and oxygen atoms in total. The predicted octanol–water partition coefficient (Wildman–Crippen LogP) is 1.60. The summed E-state index contributed by atoms with van der Waals surface area (Å²) in [4.78, 5) is 0. The molecule has 0 heterocycles. The van der Waals surface area contributed by atoms with E-state index in [0.29, 0.717) is 5.75 Å². The maximum Gasteiger partial charge on any atom is 0.359 e.